The topological polar surface area (TPSA) is 32.7 Å². The van der Waals surface area contributed by atoms with Gasteiger partial charge in [0.2, 0.25) is 0 Å². The Morgan fingerprint density at radius 3 is 2.45 bits per heavy atom. The maximum absolute atomic E-state index is 8.91. The minimum Gasteiger partial charge on any atom is -0.424 e. The Labute approximate surface area is 93.0 Å². The molecule has 0 spiro atoms. The van der Waals surface area contributed by atoms with Crippen LogP contribution in [0.4, 0.5) is 0 Å². The Morgan fingerprint density at radius 2 is 2.00 bits per heavy atom. The van der Waals surface area contributed by atoms with Gasteiger partial charge in [0.25, 0.3) is 0 Å². The number of hydrogen-bond acceptors (Lipinski definition) is 3. The Hall–Kier alpha value is 0.984. The molecule has 1 rings (SSSR count). The van der Waals surface area contributed by atoms with Crippen LogP contribution in [0, 0.1) is 6.92 Å². The maximum Gasteiger partial charge on any atom is 0.0594 e. The van der Waals surface area contributed by atoms with Gasteiger partial charge in [0, 0.05) is 45.8 Å². The zero-order valence-corrected chi connectivity index (χ0v) is 9.54. The van der Waals surface area contributed by atoms with E-state index in [9.17, 15) is 0 Å². The summed E-state index contributed by atoms with van der Waals surface area (Å²) >= 11 is 0. The van der Waals surface area contributed by atoms with Gasteiger partial charge >= 0.3 is 0 Å². The van der Waals surface area contributed by atoms with Crippen LogP contribution >= 0.6 is 0 Å². The van der Waals surface area contributed by atoms with Gasteiger partial charge < -0.3 is 16.8 Å². The van der Waals surface area contributed by atoms with Crippen molar-refractivity contribution in [3.05, 3.63) is 6.92 Å². The smallest absolute Gasteiger partial charge is 0.0594 e. The second-order valence-electron chi connectivity index (χ2n) is 2.57. The van der Waals surface area contributed by atoms with Gasteiger partial charge in [0.15, 0.2) is 0 Å². The van der Waals surface area contributed by atoms with E-state index in [-0.39, 0.29) is 32.7 Å². The van der Waals surface area contributed by atoms with Crippen LogP contribution in [0.2, 0.25) is 0 Å². The van der Waals surface area contributed by atoms with Gasteiger partial charge in [0.1, 0.15) is 0 Å². The quantitative estimate of drug-likeness (QED) is 0.653. The number of aliphatic hydroxyl groups excluding tert-OH is 1. The molecule has 3 nitrogen and oxygen atoms in total. The summed E-state index contributed by atoms with van der Waals surface area (Å²) in [4.78, 5) is 2.15. The van der Waals surface area contributed by atoms with Crippen LogP contribution < -0.4 is 0 Å². The summed E-state index contributed by atoms with van der Waals surface area (Å²) in [7, 11) is 0. The van der Waals surface area contributed by atoms with E-state index >= 15 is 0 Å². The Kier molecular flexibility index (Phi) is 7.08. The van der Waals surface area contributed by atoms with Gasteiger partial charge in [-0.05, 0) is 6.54 Å². The van der Waals surface area contributed by atoms with Crippen LogP contribution in [0.5, 0.6) is 0 Å². The van der Waals surface area contributed by atoms with Gasteiger partial charge in [-0.1, -0.05) is 6.10 Å². The molecule has 1 N–H and O–H groups in total. The molecule has 63 valence electrons. The van der Waals surface area contributed by atoms with Crippen LogP contribution in [0.15, 0.2) is 0 Å². The Balaban J connectivity index is 0.000001000. The average Bonchev–Trinajstić information content (AvgIpc) is 1.88. The Bertz CT molecular complexity index is 94.4. The molecule has 1 atom stereocenters. The number of aliphatic hydroxyl groups is 1. The first-order valence-corrected chi connectivity index (χ1v) is 3.60. The van der Waals surface area contributed by atoms with Crippen LogP contribution in [-0.2, 0) is 37.4 Å². The average molecular weight is 233 g/mol. The molecule has 4 heteroatoms. The van der Waals surface area contributed by atoms with E-state index in [0.717, 1.165) is 26.3 Å². The standard InChI is InChI=1S/C7H14NO2.Y/c1-7(9)6-8-2-4-10-5-3-8;/h7,9H,1-6H2;/q-1;. The first kappa shape index (κ1) is 12.0. The molecular formula is C7H14NO2Y-. The first-order chi connectivity index (χ1) is 4.79. The van der Waals surface area contributed by atoms with Crippen molar-refractivity contribution in [2.75, 3.05) is 32.8 Å². The van der Waals surface area contributed by atoms with Crippen molar-refractivity contribution >= 4 is 0 Å². The maximum atomic E-state index is 8.91. The number of rotatable bonds is 2. The summed E-state index contributed by atoms with van der Waals surface area (Å²) in [5, 5.41) is 8.91. The number of nitrogens with zero attached hydrogens (tertiary/aromatic N) is 1. The molecule has 1 saturated heterocycles. The zero-order chi connectivity index (χ0) is 7.40. The van der Waals surface area contributed by atoms with Crippen molar-refractivity contribution in [3.8, 4) is 0 Å². The molecule has 0 amide bonds. The van der Waals surface area contributed by atoms with E-state index < -0.39 is 6.10 Å². The Morgan fingerprint density at radius 1 is 1.45 bits per heavy atom. The number of hydrogen-bond donors (Lipinski definition) is 1. The van der Waals surface area contributed by atoms with Crippen LogP contribution in [0.1, 0.15) is 0 Å². The van der Waals surface area contributed by atoms with E-state index in [1.165, 1.54) is 0 Å². The molecule has 0 bridgehead atoms. The molecule has 1 unspecified atom stereocenters. The molecule has 0 saturated carbocycles. The van der Waals surface area contributed by atoms with Gasteiger partial charge in [-0.25, -0.2) is 0 Å². The number of ether oxygens (including phenoxy) is 1. The molecule has 1 aliphatic heterocycles. The van der Waals surface area contributed by atoms with E-state index in [0.29, 0.717) is 6.54 Å². The minimum atomic E-state index is -0.460. The zero-order valence-electron chi connectivity index (χ0n) is 6.70. The summed E-state index contributed by atoms with van der Waals surface area (Å²) in [6, 6.07) is 0. The SMILES string of the molecule is [CH2-]C(O)CN1CCOCC1.[Y]. The van der Waals surface area contributed by atoms with Crippen LogP contribution in [0.3, 0.4) is 0 Å². The summed E-state index contributed by atoms with van der Waals surface area (Å²) in [5.41, 5.74) is 0. The summed E-state index contributed by atoms with van der Waals surface area (Å²) in [6.07, 6.45) is -0.460. The molecule has 0 aromatic heterocycles. The molecule has 0 aliphatic carbocycles. The second-order valence-corrected chi connectivity index (χ2v) is 2.57. The van der Waals surface area contributed by atoms with Crippen molar-refractivity contribution in [2.45, 2.75) is 6.10 Å². The molecule has 1 heterocycles. The van der Waals surface area contributed by atoms with Crippen molar-refractivity contribution in [2.24, 2.45) is 0 Å². The fourth-order valence-corrected chi connectivity index (χ4v) is 1.08. The van der Waals surface area contributed by atoms with Crippen molar-refractivity contribution in [1.82, 2.24) is 4.90 Å². The minimum absolute atomic E-state index is 0. The van der Waals surface area contributed by atoms with Crippen molar-refractivity contribution in [1.29, 1.82) is 0 Å². The summed E-state index contributed by atoms with van der Waals surface area (Å²) in [5.74, 6) is 0. The van der Waals surface area contributed by atoms with E-state index in [2.05, 4.69) is 11.8 Å². The third kappa shape index (κ3) is 5.26. The normalized spacial score (nSPS) is 22.4. The van der Waals surface area contributed by atoms with Crippen LogP contribution in [-0.4, -0.2) is 49.0 Å². The second kappa shape index (κ2) is 6.49. The molecule has 1 aliphatic rings. The molecule has 0 aromatic carbocycles. The van der Waals surface area contributed by atoms with Gasteiger partial charge in [-0.15, -0.1) is 0 Å². The molecule has 0 aromatic rings. The predicted molar refractivity (Wildman–Crippen MR) is 38.6 cm³/mol. The molecular weight excluding hydrogens is 219 g/mol. The predicted octanol–water partition coefficient (Wildman–Crippen LogP) is -0.489. The van der Waals surface area contributed by atoms with Gasteiger partial charge in [0.05, 0.1) is 13.2 Å². The van der Waals surface area contributed by atoms with E-state index in [1.807, 2.05) is 0 Å². The summed E-state index contributed by atoms with van der Waals surface area (Å²) < 4.78 is 5.14. The fraction of sp³-hybridized carbons (Fsp3) is 0.857. The molecule has 1 radical (unpaired) electrons. The van der Waals surface area contributed by atoms with Crippen molar-refractivity contribution < 1.29 is 42.6 Å². The van der Waals surface area contributed by atoms with E-state index in [4.69, 9.17) is 9.84 Å². The van der Waals surface area contributed by atoms with Gasteiger partial charge in [-0.2, -0.15) is 0 Å². The largest absolute Gasteiger partial charge is 0.424 e. The van der Waals surface area contributed by atoms with Gasteiger partial charge in [-0.3, -0.25) is 4.90 Å². The third-order valence-corrected chi connectivity index (χ3v) is 1.57. The molecule has 1 fully saturated rings. The van der Waals surface area contributed by atoms with Crippen LogP contribution in [0.25, 0.3) is 0 Å². The third-order valence-electron chi connectivity index (χ3n) is 1.57. The monoisotopic (exact) mass is 233 g/mol. The fourth-order valence-electron chi connectivity index (χ4n) is 1.08. The molecule has 11 heavy (non-hydrogen) atoms. The van der Waals surface area contributed by atoms with E-state index in [1.54, 1.807) is 0 Å². The number of morpholine rings is 1. The first-order valence-electron chi connectivity index (χ1n) is 3.60. The summed E-state index contributed by atoms with van der Waals surface area (Å²) in [6.45, 7) is 7.59. The van der Waals surface area contributed by atoms with Crippen molar-refractivity contribution in [3.63, 3.8) is 0 Å². The number of β-amino-alcohol motifs (C(OH)–C–C–N with tert-alkyl or cyclic N) is 1.